The van der Waals surface area contributed by atoms with E-state index in [9.17, 15) is 0 Å². The molecule has 254 valence electrons. The summed E-state index contributed by atoms with van der Waals surface area (Å²) in [6.45, 7) is 0. The second-order valence-electron chi connectivity index (χ2n) is 12.5. The van der Waals surface area contributed by atoms with E-state index in [0.29, 0.717) is 79.7 Å². The molecule has 7 heterocycles. The fourth-order valence-electron chi connectivity index (χ4n) is 6.74. The number of fused-ring (bicyclic) bond motifs is 20. The van der Waals surface area contributed by atoms with Gasteiger partial charge in [-0.2, -0.15) is 0 Å². The largest absolute Gasteiger partial charge is 2.00 e. The van der Waals surface area contributed by atoms with E-state index in [2.05, 4.69) is 9.97 Å². The zero-order chi connectivity index (χ0) is 35.6. The average molecular weight is 764 g/mol. The molecule has 5 aromatic heterocycles. The van der Waals surface area contributed by atoms with Crippen LogP contribution in [0.4, 0.5) is 0 Å². The van der Waals surface area contributed by atoms with Gasteiger partial charge in [0, 0.05) is 69.6 Å². The SMILES string of the molecule is [Zn+2].c1ccc2c(c1)-c1nc3nc(nc4[n-]c(nc5[n-]c(nc-2n1)c1ccccc51)c1cc(Oc2ccncc2)c(Oc2ccncc2)cc41)-c1ccccc1-3. The van der Waals surface area contributed by atoms with E-state index in [4.69, 9.17) is 49.3 Å². The minimum Gasteiger partial charge on any atom is -0.453 e. The van der Waals surface area contributed by atoms with Gasteiger partial charge in [0.1, 0.15) is 11.5 Å². The molecule has 0 saturated carbocycles. The first-order chi connectivity index (χ1) is 26.7. The van der Waals surface area contributed by atoms with Crippen LogP contribution in [0, 0.1) is 0 Å². The van der Waals surface area contributed by atoms with Gasteiger partial charge in [-0.05, 0) is 57.9 Å². The molecule has 0 unspecified atom stereocenters. The molecule has 0 spiro atoms. The van der Waals surface area contributed by atoms with Gasteiger partial charge in [0.15, 0.2) is 23.1 Å². The second-order valence-corrected chi connectivity index (χ2v) is 12.5. The van der Waals surface area contributed by atoms with Crippen molar-refractivity contribution in [1.82, 2.24) is 49.8 Å². The third-order valence-electron chi connectivity index (χ3n) is 9.24. The Hall–Kier alpha value is -7.24. The van der Waals surface area contributed by atoms with E-state index in [-0.39, 0.29) is 19.5 Å². The molecule has 0 N–H and O–H groups in total. The van der Waals surface area contributed by atoms with E-state index in [0.717, 1.165) is 33.0 Å². The quantitative estimate of drug-likeness (QED) is 0.158. The maximum atomic E-state index is 6.42. The van der Waals surface area contributed by atoms with Crippen molar-refractivity contribution in [3.8, 4) is 68.5 Å². The normalized spacial score (nSPS) is 11.5. The predicted molar refractivity (Wildman–Crippen MR) is 203 cm³/mol. The first kappa shape index (κ1) is 32.4. The third kappa shape index (κ3) is 5.56. The molecule has 8 bridgehead atoms. The molecule has 0 atom stereocenters. The summed E-state index contributed by atoms with van der Waals surface area (Å²) in [6.07, 6.45) is 6.66. The number of rotatable bonds is 4. The third-order valence-corrected chi connectivity index (χ3v) is 9.24. The molecule has 0 saturated heterocycles. The Labute approximate surface area is 324 Å². The molecule has 0 fully saturated rings. The summed E-state index contributed by atoms with van der Waals surface area (Å²) in [5.74, 6) is 3.98. The molecule has 12 nitrogen and oxygen atoms in total. The Kier molecular flexibility index (Phi) is 7.67. The number of hydrogen-bond donors (Lipinski definition) is 0. The molecule has 0 amide bonds. The molecule has 55 heavy (non-hydrogen) atoms. The van der Waals surface area contributed by atoms with Crippen molar-refractivity contribution in [2.24, 2.45) is 0 Å². The van der Waals surface area contributed by atoms with Crippen molar-refractivity contribution in [2.45, 2.75) is 0 Å². The number of aromatic nitrogens is 10. The Morgan fingerprint density at radius 1 is 0.364 bits per heavy atom. The van der Waals surface area contributed by atoms with Crippen LogP contribution in [0.5, 0.6) is 23.0 Å². The van der Waals surface area contributed by atoms with Crippen LogP contribution in [-0.2, 0) is 19.5 Å². The van der Waals surface area contributed by atoms with Crippen LogP contribution in [0.15, 0.2) is 134 Å². The number of benzene rings is 4. The van der Waals surface area contributed by atoms with Crippen LogP contribution < -0.4 is 19.4 Å². The van der Waals surface area contributed by atoms with E-state index in [1.165, 1.54) is 0 Å². The van der Waals surface area contributed by atoms with Gasteiger partial charge in [0.2, 0.25) is 0 Å². The zero-order valence-corrected chi connectivity index (χ0v) is 31.7. The number of hydrogen-bond acceptors (Lipinski definition) is 10. The summed E-state index contributed by atoms with van der Waals surface area (Å²) in [4.78, 5) is 48.4. The van der Waals surface area contributed by atoms with E-state index < -0.39 is 0 Å². The monoisotopic (exact) mass is 762 g/mol. The fraction of sp³-hybridized carbons (Fsp3) is 0. The van der Waals surface area contributed by atoms with Gasteiger partial charge in [-0.25, -0.2) is 15.0 Å². The number of ether oxygens (including phenoxy) is 2. The molecule has 0 aliphatic carbocycles. The predicted octanol–water partition coefficient (Wildman–Crippen LogP) is 8.50. The molecule has 11 rings (SSSR count). The maximum absolute atomic E-state index is 6.42. The Balaban J connectivity index is 0.00000372. The van der Waals surface area contributed by atoms with Gasteiger partial charge < -0.3 is 34.4 Å². The van der Waals surface area contributed by atoms with Gasteiger partial charge in [-0.3, -0.25) is 9.97 Å². The first-order valence-electron chi connectivity index (χ1n) is 17.1. The Morgan fingerprint density at radius 3 is 1.15 bits per heavy atom. The summed E-state index contributed by atoms with van der Waals surface area (Å²) in [5.41, 5.74) is 5.07. The van der Waals surface area contributed by atoms with Crippen molar-refractivity contribution in [3.63, 3.8) is 0 Å². The van der Waals surface area contributed by atoms with Gasteiger partial charge in [-0.1, -0.05) is 72.8 Å². The molecule has 0 radical (unpaired) electrons. The molecule has 4 aromatic carbocycles. The van der Waals surface area contributed by atoms with E-state index in [1.54, 1.807) is 49.1 Å². The summed E-state index contributed by atoms with van der Waals surface area (Å²) in [5, 5.41) is 2.98. The molecule has 2 aliphatic rings. The van der Waals surface area contributed by atoms with Crippen LogP contribution >= 0.6 is 0 Å². The van der Waals surface area contributed by atoms with Gasteiger partial charge in [0.05, 0.1) is 11.6 Å². The topological polar surface area (TPSA) is 150 Å². The molecular weight excluding hydrogens is 742 g/mol. The fourth-order valence-corrected chi connectivity index (χ4v) is 6.74. The summed E-state index contributed by atoms with van der Waals surface area (Å²) < 4.78 is 12.8. The molecular formula is C42H22N10O2Zn. The van der Waals surface area contributed by atoms with Crippen molar-refractivity contribution >= 4 is 44.1 Å². The van der Waals surface area contributed by atoms with E-state index >= 15 is 0 Å². The summed E-state index contributed by atoms with van der Waals surface area (Å²) >= 11 is 0. The van der Waals surface area contributed by atoms with Gasteiger partial charge in [-0.15, -0.1) is 0 Å². The van der Waals surface area contributed by atoms with Crippen molar-refractivity contribution < 1.29 is 29.0 Å². The van der Waals surface area contributed by atoms with Crippen LogP contribution in [0.2, 0.25) is 0 Å². The van der Waals surface area contributed by atoms with Crippen LogP contribution in [0.25, 0.3) is 89.7 Å². The second kappa shape index (κ2) is 13.0. The van der Waals surface area contributed by atoms with Crippen molar-refractivity contribution in [1.29, 1.82) is 0 Å². The number of nitrogens with zero attached hydrogens (tertiary/aromatic N) is 10. The zero-order valence-electron chi connectivity index (χ0n) is 28.7. The van der Waals surface area contributed by atoms with E-state index in [1.807, 2.05) is 84.9 Å². The molecule has 9 aromatic rings. The smallest absolute Gasteiger partial charge is 0.453 e. The Morgan fingerprint density at radius 2 is 0.709 bits per heavy atom. The Bertz CT molecular complexity index is 3130. The van der Waals surface area contributed by atoms with Crippen LogP contribution in [-0.4, -0.2) is 39.9 Å². The van der Waals surface area contributed by atoms with Crippen LogP contribution in [0.1, 0.15) is 0 Å². The minimum atomic E-state index is 0. The first-order valence-corrected chi connectivity index (χ1v) is 17.1. The van der Waals surface area contributed by atoms with Crippen molar-refractivity contribution in [3.05, 3.63) is 134 Å². The summed E-state index contributed by atoms with van der Waals surface area (Å²) in [7, 11) is 0. The van der Waals surface area contributed by atoms with Crippen molar-refractivity contribution in [2.75, 3.05) is 0 Å². The van der Waals surface area contributed by atoms with Crippen LogP contribution in [0.3, 0.4) is 0 Å². The van der Waals surface area contributed by atoms with Gasteiger partial charge in [0.25, 0.3) is 0 Å². The summed E-state index contributed by atoms with van der Waals surface area (Å²) in [6, 6.07) is 34.4. The molecule has 13 heteroatoms. The average Bonchev–Trinajstić information content (AvgIpc) is 3.94. The van der Waals surface area contributed by atoms with Gasteiger partial charge >= 0.3 is 19.5 Å². The standard InChI is InChI=1S/C42H22N10O2.Zn/c1-2-8-26-25(7-1)35-45-36(26)47-38-28-10-4-6-12-30(28)40(49-38)51-42-32-22-34(54-24-15-19-44-20-16-24)33(53-23-13-17-43-18-14-23)21-31(32)41(52-42)50-39-29-11-5-3-9-27(29)37(46-35)48-39;/h1-22H;/q-2;+2. The number of pyridine rings is 2. The molecule has 2 aliphatic heterocycles. The maximum Gasteiger partial charge on any atom is 2.00 e. The minimum absolute atomic E-state index is 0.